The lowest BCUT2D eigenvalue weighted by Gasteiger charge is -2.36. The van der Waals surface area contributed by atoms with Crippen LogP contribution in [0.1, 0.15) is 52.9 Å². The SMILES string of the molecule is CC1(NC(=O)C(C)(C)C(=O)O)CCCCC1. The van der Waals surface area contributed by atoms with Gasteiger partial charge >= 0.3 is 5.97 Å². The van der Waals surface area contributed by atoms with Gasteiger partial charge in [-0.3, -0.25) is 9.59 Å². The van der Waals surface area contributed by atoms with E-state index < -0.39 is 11.4 Å². The van der Waals surface area contributed by atoms with Crippen LogP contribution < -0.4 is 5.32 Å². The van der Waals surface area contributed by atoms with Gasteiger partial charge in [0, 0.05) is 5.54 Å². The predicted octanol–water partition coefficient (Wildman–Crippen LogP) is 1.94. The van der Waals surface area contributed by atoms with Crippen LogP contribution in [0.2, 0.25) is 0 Å². The van der Waals surface area contributed by atoms with Crippen molar-refractivity contribution in [3.63, 3.8) is 0 Å². The van der Waals surface area contributed by atoms with Gasteiger partial charge in [-0.05, 0) is 33.6 Å². The van der Waals surface area contributed by atoms with Crippen LogP contribution in [0.25, 0.3) is 0 Å². The molecule has 0 heterocycles. The van der Waals surface area contributed by atoms with Gasteiger partial charge < -0.3 is 10.4 Å². The third kappa shape index (κ3) is 2.74. The number of rotatable bonds is 3. The predicted molar refractivity (Wildman–Crippen MR) is 61.0 cm³/mol. The standard InChI is InChI=1S/C12H21NO3/c1-11(2,10(15)16)9(14)13-12(3)7-5-4-6-8-12/h4-8H2,1-3H3,(H,13,14)(H,15,16). The molecule has 1 rings (SSSR count). The van der Waals surface area contributed by atoms with Crippen LogP contribution in [0.3, 0.4) is 0 Å². The van der Waals surface area contributed by atoms with Crippen molar-refractivity contribution in [1.29, 1.82) is 0 Å². The van der Waals surface area contributed by atoms with E-state index in [9.17, 15) is 9.59 Å². The van der Waals surface area contributed by atoms with Crippen molar-refractivity contribution >= 4 is 11.9 Å². The van der Waals surface area contributed by atoms with Crippen molar-refractivity contribution in [2.24, 2.45) is 5.41 Å². The minimum atomic E-state index is -1.35. The van der Waals surface area contributed by atoms with E-state index in [0.717, 1.165) is 25.7 Å². The molecule has 0 radical (unpaired) electrons. The summed E-state index contributed by atoms with van der Waals surface area (Å²) in [6.45, 7) is 4.88. The Bertz CT molecular complexity index is 291. The Labute approximate surface area is 96.4 Å². The molecule has 1 aliphatic carbocycles. The van der Waals surface area contributed by atoms with Crippen molar-refractivity contribution in [2.75, 3.05) is 0 Å². The maximum atomic E-state index is 11.9. The largest absolute Gasteiger partial charge is 0.480 e. The third-order valence-corrected chi connectivity index (χ3v) is 3.47. The molecule has 1 fully saturated rings. The maximum absolute atomic E-state index is 11.9. The molecule has 4 heteroatoms. The van der Waals surface area contributed by atoms with Gasteiger partial charge in [-0.1, -0.05) is 19.3 Å². The second-order valence-corrected chi connectivity index (χ2v) is 5.51. The highest BCUT2D eigenvalue weighted by molar-refractivity contribution is 6.01. The second-order valence-electron chi connectivity index (χ2n) is 5.51. The molecule has 0 aromatic rings. The number of carbonyl (C=O) groups is 2. The van der Waals surface area contributed by atoms with Crippen molar-refractivity contribution in [1.82, 2.24) is 5.32 Å². The van der Waals surface area contributed by atoms with Crippen LogP contribution in [0.4, 0.5) is 0 Å². The first-order valence-electron chi connectivity index (χ1n) is 5.84. The number of hydrogen-bond acceptors (Lipinski definition) is 2. The molecule has 2 N–H and O–H groups in total. The fourth-order valence-electron chi connectivity index (χ4n) is 1.98. The number of carbonyl (C=O) groups excluding carboxylic acids is 1. The van der Waals surface area contributed by atoms with Crippen LogP contribution >= 0.6 is 0 Å². The van der Waals surface area contributed by atoms with E-state index in [1.165, 1.54) is 20.3 Å². The maximum Gasteiger partial charge on any atom is 0.318 e. The van der Waals surface area contributed by atoms with Gasteiger partial charge in [0.15, 0.2) is 0 Å². The molecule has 4 nitrogen and oxygen atoms in total. The first-order chi connectivity index (χ1) is 7.28. The summed E-state index contributed by atoms with van der Waals surface area (Å²) in [6, 6.07) is 0. The molecule has 16 heavy (non-hydrogen) atoms. The number of carboxylic acid groups (broad SMARTS) is 1. The molecule has 0 spiro atoms. The Morgan fingerprint density at radius 2 is 1.69 bits per heavy atom. The first-order valence-corrected chi connectivity index (χ1v) is 5.84. The molecule has 0 unspecified atom stereocenters. The van der Waals surface area contributed by atoms with Crippen LogP contribution in [0.5, 0.6) is 0 Å². The summed E-state index contributed by atoms with van der Waals surface area (Å²) in [6.07, 6.45) is 5.28. The van der Waals surface area contributed by atoms with E-state index in [0.29, 0.717) is 0 Å². The van der Waals surface area contributed by atoms with E-state index in [2.05, 4.69) is 5.32 Å². The van der Waals surface area contributed by atoms with Crippen molar-refractivity contribution in [2.45, 2.75) is 58.4 Å². The summed E-state index contributed by atoms with van der Waals surface area (Å²) in [4.78, 5) is 22.8. The molecule has 92 valence electrons. The van der Waals surface area contributed by atoms with Crippen molar-refractivity contribution in [3.05, 3.63) is 0 Å². The average molecular weight is 227 g/mol. The van der Waals surface area contributed by atoms with Gasteiger partial charge in [0.1, 0.15) is 5.41 Å². The minimum absolute atomic E-state index is 0.220. The monoisotopic (exact) mass is 227 g/mol. The fourth-order valence-corrected chi connectivity index (χ4v) is 1.98. The highest BCUT2D eigenvalue weighted by Crippen LogP contribution is 2.29. The van der Waals surface area contributed by atoms with E-state index in [1.807, 2.05) is 6.92 Å². The molecule has 1 saturated carbocycles. The second kappa shape index (κ2) is 4.44. The molecule has 0 aliphatic heterocycles. The van der Waals surface area contributed by atoms with E-state index >= 15 is 0 Å². The average Bonchev–Trinajstić information content (AvgIpc) is 2.17. The van der Waals surface area contributed by atoms with Gasteiger partial charge in [-0.15, -0.1) is 0 Å². The van der Waals surface area contributed by atoms with Gasteiger partial charge in [0.05, 0.1) is 0 Å². The molecule has 0 saturated heterocycles. The van der Waals surface area contributed by atoms with Gasteiger partial charge in [0.2, 0.25) is 5.91 Å². The van der Waals surface area contributed by atoms with E-state index in [1.54, 1.807) is 0 Å². The molecular weight excluding hydrogens is 206 g/mol. The van der Waals surface area contributed by atoms with Crippen LogP contribution in [0.15, 0.2) is 0 Å². The number of amides is 1. The van der Waals surface area contributed by atoms with Gasteiger partial charge in [0.25, 0.3) is 0 Å². The van der Waals surface area contributed by atoms with E-state index in [-0.39, 0.29) is 11.4 Å². The lowest BCUT2D eigenvalue weighted by Crippen LogP contribution is -2.53. The zero-order valence-electron chi connectivity index (χ0n) is 10.3. The smallest absolute Gasteiger partial charge is 0.318 e. The highest BCUT2D eigenvalue weighted by Gasteiger charge is 2.39. The van der Waals surface area contributed by atoms with Crippen LogP contribution in [0, 0.1) is 5.41 Å². The molecule has 0 atom stereocenters. The summed E-state index contributed by atoms with van der Waals surface area (Å²) in [5, 5.41) is 11.9. The number of hydrogen-bond donors (Lipinski definition) is 2. The topological polar surface area (TPSA) is 66.4 Å². The minimum Gasteiger partial charge on any atom is -0.480 e. The number of aliphatic carboxylic acids is 1. The van der Waals surface area contributed by atoms with Gasteiger partial charge in [-0.2, -0.15) is 0 Å². The normalized spacial score (nSPS) is 20.2. The molecular formula is C12H21NO3. The van der Waals surface area contributed by atoms with Crippen LogP contribution in [-0.4, -0.2) is 22.5 Å². The zero-order chi connectivity index (χ0) is 12.4. The Morgan fingerprint density at radius 3 is 2.12 bits per heavy atom. The highest BCUT2D eigenvalue weighted by atomic mass is 16.4. The number of nitrogens with one attached hydrogen (secondary N) is 1. The third-order valence-electron chi connectivity index (χ3n) is 3.47. The number of carboxylic acids is 1. The molecule has 1 aliphatic rings. The van der Waals surface area contributed by atoms with Gasteiger partial charge in [-0.25, -0.2) is 0 Å². The Morgan fingerprint density at radius 1 is 1.19 bits per heavy atom. The Kier molecular flexibility index (Phi) is 3.61. The lowest BCUT2D eigenvalue weighted by atomic mass is 9.81. The summed E-state index contributed by atoms with van der Waals surface area (Å²) in [5.74, 6) is -1.46. The summed E-state index contributed by atoms with van der Waals surface area (Å²) in [7, 11) is 0. The van der Waals surface area contributed by atoms with Crippen molar-refractivity contribution < 1.29 is 14.7 Å². The molecule has 0 aromatic heterocycles. The molecule has 1 amide bonds. The zero-order valence-corrected chi connectivity index (χ0v) is 10.3. The summed E-state index contributed by atoms with van der Waals surface area (Å²) < 4.78 is 0. The summed E-state index contributed by atoms with van der Waals surface area (Å²) >= 11 is 0. The first kappa shape index (κ1) is 13.0. The van der Waals surface area contributed by atoms with Crippen molar-refractivity contribution in [3.8, 4) is 0 Å². The van der Waals surface area contributed by atoms with Crippen LogP contribution in [-0.2, 0) is 9.59 Å². The summed E-state index contributed by atoms with van der Waals surface area (Å²) in [5.41, 5.74) is -1.57. The Hall–Kier alpha value is -1.06. The Balaban J connectivity index is 2.66. The lowest BCUT2D eigenvalue weighted by molar-refractivity contribution is -0.154. The molecule has 0 aromatic carbocycles. The quantitative estimate of drug-likeness (QED) is 0.724. The fraction of sp³-hybridized carbons (Fsp3) is 0.833. The van der Waals surface area contributed by atoms with E-state index in [4.69, 9.17) is 5.11 Å². The molecule has 0 bridgehead atoms.